The van der Waals surface area contributed by atoms with E-state index in [9.17, 15) is 14.4 Å². The highest BCUT2D eigenvalue weighted by Gasteiger charge is 2.21. The third-order valence-electron chi connectivity index (χ3n) is 8.98. The van der Waals surface area contributed by atoms with Crippen LogP contribution in [0.2, 0.25) is 0 Å². The van der Waals surface area contributed by atoms with E-state index in [0.717, 1.165) is 25.4 Å². The fourth-order valence-corrected chi connectivity index (χ4v) is 9.99. The molecular weight excluding hydrogens is 1420 g/mol. The van der Waals surface area contributed by atoms with Crippen molar-refractivity contribution in [2.24, 2.45) is 4.99 Å². The van der Waals surface area contributed by atoms with E-state index in [1.807, 2.05) is 54.7 Å². The number of nitrogens with zero attached hydrogens (tertiary/aromatic N) is 4. The number of carbonyl (C=O) groups is 3. The number of aliphatic carboxylic acids is 1. The molecule has 3 N–H and O–H groups in total. The number of amides is 2. The maximum Gasteiger partial charge on any atom is 0.437 e. The highest BCUT2D eigenvalue weighted by molar-refractivity contribution is 14.1. The number of ether oxygens (including phenoxy) is 11. The Bertz CT molecular complexity index is 2350. The molecule has 0 saturated heterocycles. The standard InChI is InChI=1S/C49H64I4N6O15/c1-48(2,3)73-46(62)55-45(56-47(63)74-49(4,5)6)54-30-33-7-9-36(10-8-33)70-24-23-69-22-21-68-20-19-67-18-17-66-16-15-65-14-13-64-12-11-59-31-35(57-58-59)32-71-43-40(52)28-37(29-41(43)53)72-44-38(50)25-34(26-39(44)51)27-42(60)61/h7-10,25-26,28-29,31H,11-24,27,30,32H2,1-6H3,(H,60,61)(H2,54,55,56,62,63). The smallest absolute Gasteiger partial charge is 0.437 e. The van der Waals surface area contributed by atoms with Crippen molar-refractivity contribution in [1.82, 2.24) is 25.6 Å². The Kier molecular flexibility index (Phi) is 28.7. The number of carbonyl (C=O) groups excluding carboxylic acids is 2. The second-order valence-electron chi connectivity index (χ2n) is 17.6. The molecule has 4 aromatic rings. The van der Waals surface area contributed by atoms with Gasteiger partial charge in [-0.3, -0.25) is 10.1 Å². The van der Waals surface area contributed by atoms with Crippen LogP contribution in [0, 0.1) is 14.3 Å². The fourth-order valence-electron chi connectivity index (χ4n) is 5.85. The van der Waals surface area contributed by atoms with Gasteiger partial charge in [0.2, 0.25) is 5.96 Å². The van der Waals surface area contributed by atoms with Gasteiger partial charge in [0.25, 0.3) is 0 Å². The SMILES string of the molecule is CC(C)(C)OC(=O)/N=C(/NCc1ccc(OCCOCCOCCOCCOCCOCCOCCn2cc(COc3c(I)cc(Oc4c(I)cc(CC(=O)O)cc4I)cc3I)nn2)cc1)NC(=O)OC(C)(C)C. The van der Waals surface area contributed by atoms with Gasteiger partial charge < -0.3 is 62.5 Å². The summed E-state index contributed by atoms with van der Waals surface area (Å²) in [5.74, 6) is 1.72. The average Bonchev–Trinajstić information content (AvgIpc) is 3.76. The Hall–Kier alpha value is -3.44. The monoisotopic (exact) mass is 1480 g/mol. The third-order valence-corrected chi connectivity index (χ3v) is 12.2. The van der Waals surface area contributed by atoms with E-state index in [2.05, 4.69) is 116 Å². The van der Waals surface area contributed by atoms with E-state index in [0.29, 0.717) is 121 Å². The summed E-state index contributed by atoms with van der Waals surface area (Å²) >= 11 is 8.75. The van der Waals surface area contributed by atoms with Crippen LogP contribution in [-0.2, 0) is 68.8 Å². The molecule has 0 spiro atoms. The van der Waals surface area contributed by atoms with Gasteiger partial charge in [-0.05, 0) is 179 Å². The van der Waals surface area contributed by atoms with Crippen LogP contribution in [0.5, 0.6) is 23.0 Å². The fraction of sp³-hybridized carbons (Fsp3) is 0.510. The van der Waals surface area contributed by atoms with E-state index in [4.69, 9.17) is 57.2 Å². The summed E-state index contributed by atoms with van der Waals surface area (Å²) in [4.78, 5) is 39.6. The molecule has 0 fully saturated rings. The van der Waals surface area contributed by atoms with E-state index in [1.54, 1.807) is 46.2 Å². The van der Waals surface area contributed by atoms with Crippen LogP contribution in [0.4, 0.5) is 9.59 Å². The van der Waals surface area contributed by atoms with Gasteiger partial charge in [-0.15, -0.1) is 10.1 Å². The molecule has 25 heteroatoms. The normalized spacial score (nSPS) is 11.8. The van der Waals surface area contributed by atoms with Crippen molar-refractivity contribution >= 4 is 114 Å². The van der Waals surface area contributed by atoms with Crippen molar-refractivity contribution in [3.63, 3.8) is 0 Å². The zero-order valence-electron chi connectivity index (χ0n) is 42.2. The van der Waals surface area contributed by atoms with Gasteiger partial charge in [-0.1, -0.05) is 17.3 Å². The summed E-state index contributed by atoms with van der Waals surface area (Å²) < 4.78 is 67.3. The molecule has 21 nitrogen and oxygen atoms in total. The first kappa shape index (κ1) is 63.1. The highest BCUT2D eigenvalue weighted by Crippen LogP contribution is 2.37. The molecule has 0 saturated carbocycles. The summed E-state index contributed by atoms with van der Waals surface area (Å²) in [6, 6.07) is 14.7. The number of aliphatic imine (C=N–C) groups is 1. The number of alkyl carbamates (subject to hydrolysis) is 1. The lowest BCUT2D eigenvalue weighted by atomic mass is 10.1. The van der Waals surface area contributed by atoms with Crippen LogP contribution >= 0.6 is 90.4 Å². The number of hydrogen-bond acceptors (Lipinski definition) is 16. The maximum atomic E-state index is 12.3. The minimum Gasteiger partial charge on any atom is -0.491 e. The minimum atomic E-state index is -0.878. The zero-order chi connectivity index (χ0) is 53.9. The van der Waals surface area contributed by atoms with E-state index in [-0.39, 0.29) is 25.5 Å². The lowest BCUT2D eigenvalue weighted by molar-refractivity contribution is -0.136. The lowest BCUT2D eigenvalue weighted by Gasteiger charge is -2.21. The Morgan fingerprint density at radius 3 is 1.64 bits per heavy atom. The Balaban J connectivity index is 0.937. The summed E-state index contributed by atoms with van der Waals surface area (Å²) in [7, 11) is 0. The molecule has 74 heavy (non-hydrogen) atoms. The van der Waals surface area contributed by atoms with Crippen molar-refractivity contribution < 1.29 is 71.6 Å². The van der Waals surface area contributed by atoms with Crippen molar-refractivity contribution in [3.05, 3.63) is 85.8 Å². The van der Waals surface area contributed by atoms with Crippen molar-refractivity contribution in [2.75, 3.05) is 85.9 Å². The quantitative estimate of drug-likeness (QED) is 0.0185. The summed E-state index contributed by atoms with van der Waals surface area (Å²) in [5, 5.41) is 23.0. The number of hydrogen-bond donors (Lipinski definition) is 3. The number of halogens is 4. The molecule has 2 amide bonds. The van der Waals surface area contributed by atoms with Gasteiger partial charge in [-0.2, -0.15) is 0 Å². The molecule has 0 unspecified atom stereocenters. The first-order valence-corrected chi connectivity index (χ1v) is 27.7. The molecule has 0 radical (unpaired) electrons. The van der Waals surface area contributed by atoms with Gasteiger partial charge in [0.15, 0.2) is 5.75 Å². The van der Waals surface area contributed by atoms with Crippen LogP contribution in [0.15, 0.2) is 59.7 Å². The molecule has 0 atom stereocenters. The summed E-state index contributed by atoms with van der Waals surface area (Å²) in [5.41, 5.74) is 0.753. The largest absolute Gasteiger partial charge is 0.491 e. The van der Waals surface area contributed by atoms with E-state index in [1.165, 1.54) is 0 Å². The molecule has 0 aliphatic rings. The van der Waals surface area contributed by atoms with Gasteiger partial charge in [0.05, 0.1) is 113 Å². The third kappa shape index (κ3) is 27.0. The number of carboxylic acids is 1. The van der Waals surface area contributed by atoms with Crippen molar-refractivity contribution in [2.45, 2.75) is 78.9 Å². The minimum absolute atomic E-state index is 0.0464. The van der Waals surface area contributed by atoms with E-state index < -0.39 is 29.4 Å². The first-order valence-electron chi connectivity index (χ1n) is 23.3. The molecule has 3 aromatic carbocycles. The Labute approximate surface area is 486 Å². The predicted molar refractivity (Wildman–Crippen MR) is 306 cm³/mol. The summed E-state index contributed by atoms with van der Waals surface area (Å²) in [6.45, 7) is 16.9. The second-order valence-corrected chi connectivity index (χ2v) is 22.3. The maximum absolute atomic E-state index is 12.3. The van der Waals surface area contributed by atoms with Crippen molar-refractivity contribution in [1.29, 1.82) is 0 Å². The zero-order valence-corrected chi connectivity index (χ0v) is 50.8. The van der Waals surface area contributed by atoms with Crippen LogP contribution < -0.4 is 24.8 Å². The van der Waals surface area contributed by atoms with Gasteiger partial charge in [-0.25, -0.2) is 14.3 Å². The summed E-state index contributed by atoms with van der Waals surface area (Å²) in [6.07, 6.45) is 0.160. The van der Waals surface area contributed by atoms with E-state index >= 15 is 0 Å². The first-order chi connectivity index (χ1) is 35.2. The number of carboxylic acid groups (broad SMARTS) is 1. The van der Waals surface area contributed by atoms with Crippen molar-refractivity contribution in [3.8, 4) is 23.0 Å². The topological polar surface area (TPSA) is 240 Å². The van der Waals surface area contributed by atoms with Crippen LogP contribution in [-0.4, -0.2) is 141 Å². The number of aromatic nitrogens is 3. The molecular formula is C49H64I4N6O15. The van der Waals surface area contributed by atoms with Crippen LogP contribution in [0.1, 0.15) is 58.4 Å². The average molecular weight is 1480 g/mol. The molecule has 0 aliphatic carbocycles. The predicted octanol–water partition coefficient (Wildman–Crippen LogP) is 8.78. The molecule has 1 heterocycles. The molecule has 1 aromatic heterocycles. The number of rotatable bonds is 31. The lowest BCUT2D eigenvalue weighted by Crippen LogP contribution is -2.44. The molecule has 0 bridgehead atoms. The number of guanidine groups is 1. The molecule has 0 aliphatic heterocycles. The molecule has 4 rings (SSSR count). The number of benzene rings is 3. The highest BCUT2D eigenvalue weighted by atomic mass is 127. The Morgan fingerprint density at radius 1 is 0.622 bits per heavy atom. The molecule has 408 valence electrons. The van der Waals surface area contributed by atoms with Gasteiger partial charge in [0.1, 0.15) is 47.4 Å². The Morgan fingerprint density at radius 2 is 1.12 bits per heavy atom. The van der Waals surface area contributed by atoms with Gasteiger partial charge >= 0.3 is 18.2 Å². The van der Waals surface area contributed by atoms with Crippen LogP contribution in [0.25, 0.3) is 0 Å². The van der Waals surface area contributed by atoms with Gasteiger partial charge in [0, 0.05) is 6.54 Å². The van der Waals surface area contributed by atoms with Crippen LogP contribution in [0.3, 0.4) is 0 Å². The second kappa shape index (κ2) is 33.7. The number of nitrogens with one attached hydrogen (secondary N) is 2.